The van der Waals surface area contributed by atoms with Gasteiger partial charge in [-0.1, -0.05) is 31.2 Å². The van der Waals surface area contributed by atoms with E-state index in [-0.39, 0.29) is 12.4 Å². The van der Waals surface area contributed by atoms with Crippen molar-refractivity contribution in [2.75, 3.05) is 26.2 Å². The van der Waals surface area contributed by atoms with Crippen LogP contribution in [0.15, 0.2) is 24.3 Å². The molecular weight excluding hydrogens is 388 g/mol. The Labute approximate surface area is 179 Å². The van der Waals surface area contributed by atoms with Crippen molar-refractivity contribution in [2.24, 2.45) is 0 Å². The second-order valence-electron chi connectivity index (χ2n) is 8.08. The smallest absolute Gasteiger partial charge is 0.107 e. The number of halogens is 1. The molecule has 1 atom stereocenters. The second kappa shape index (κ2) is 9.68. The number of nitrogens with zero attached hydrogens (tertiary/aromatic N) is 3. The van der Waals surface area contributed by atoms with Crippen LogP contribution in [0.1, 0.15) is 53.5 Å². The van der Waals surface area contributed by atoms with Gasteiger partial charge in [0.1, 0.15) is 5.01 Å². The molecule has 0 bridgehead atoms. The van der Waals surface area contributed by atoms with Gasteiger partial charge in [0.25, 0.3) is 0 Å². The molecule has 1 aromatic heterocycles. The summed E-state index contributed by atoms with van der Waals surface area (Å²) in [6.07, 6.45) is 2.21. The second-order valence-corrected chi connectivity index (χ2v) is 9.25. The molecule has 28 heavy (non-hydrogen) atoms. The maximum Gasteiger partial charge on any atom is 0.107 e. The third-order valence-corrected chi connectivity index (χ3v) is 7.07. The maximum absolute atomic E-state index is 5.02. The summed E-state index contributed by atoms with van der Waals surface area (Å²) in [7, 11) is 0. The zero-order valence-electron chi connectivity index (χ0n) is 17.3. The minimum Gasteiger partial charge on any atom is -0.314 e. The predicted molar refractivity (Wildman–Crippen MR) is 120 cm³/mol. The summed E-state index contributed by atoms with van der Waals surface area (Å²) in [6.45, 7) is 13.2. The first-order valence-corrected chi connectivity index (χ1v) is 11.2. The fraction of sp³-hybridized carbons (Fsp3) is 0.591. The van der Waals surface area contributed by atoms with Gasteiger partial charge < -0.3 is 5.32 Å². The molecule has 6 heteroatoms. The quantitative estimate of drug-likeness (QED) is 0.790. The van der Waals surface area contributed by atoms with Crippen LogP contribution < -0.4 is 5.32 Å². The van der Waals surface area contributed by atoms with Crippen molar-refractivity contribution in [3.63, 3.8) is 0 Å². The Hall–Kier alpha value is -0.980. The molecule has 0 spiro atoms. The minimum absolute atomic E-state index is 0. The zero-order valence-corrected chi connectivity index (χ0v) is 18.9. The van der Waals surface area contributed by atoms with Gasteiger partial charge in [0.05, 0.1) is 12.2 Å². The highest BCUT2D eigenvalue weighted by atomic mass is 35.5. The van der Waals surface area contributed by atoms with E-state index in [0.717, 1.165) is 52.1 Å². The standard InChI is InChI=1S/C22H32N4S.ClH/c1-4-17-5-7-18(8-6-17)20-13-23-10-12-26(20)15-22-24-19-9-11-25(16(2)3)14-21(19)27-22;/h5-8,16,20,23H,4,9-15H2,1-3H3;1H. The molecule has 2 aromatic rings. The summed E-state index contributed by atoms with van der Waals surface area (Å²) in [4.78, 5) is 11.7. The summed E-state index contributed by atoms with van der Waals surface area (Å²) >= 11 is 1.94. The van der Waals surface area contributed by atoms with E-state index in [4.69, 9.17) is 4.98 Å². The van der Waals surface area contributed by atoms with E-state index in [1.54, 1.807) is 0 Å². The van der Waals surface area contributed by atoms with Gasteiger partial charge in [-0.2, -0.15) is 0 Å². The number of fused-ring (bicyclic) bond motifs is 1. The molecule has 1 unspecified atom stereocenters. The fourth-order valence-electron chi connectivity index (χ4n) is 4.19. The zero-order chi connectivity index (χ0) is 18.8. The van der Waals surface area contributed by atoms with Crippen molar-refractivity contribution in [3.8, 4) is 0 Å². The van der Waals surface area contributed by atoms with Crippen LogP contribution in [0.5, 0.6) is 0 Å². The van der Waals surface area contributed by atoms with E-state index < -0.39 is 0 Å². The van der Waals surface area contributed by atoms with Gasteiger partial charge >= 0.3 is 0 Å². The van der Waals surface area contributed by atoms with Crippen LogP contribution >= 0.6 is 23.7 Å². The lowest BCUT2D eigenvalue weighted by atomic mass is 10.0. The van der Waals surface area contributed by atoms with Crippen LogP contribution in [0, 0.1) is 0 Å². The van der Waals surface area contributed by atoms with E-state index in [0.29, 0.717) is 12.1 Å². The third kappa shape index (κ3) is 4.77. The molecule has 0 aliphatic carbocycles. The van der Waals surface area contributed by atoms with Gasteiger partial charge in [0, 0.05) is 56.1 Å². The highest BCUT2D eigenvalue weighted by Gasteiger charge is 2.27. The largest absolute Gasteiger partial charge is 0.314 e. The number of piperazine rings is 1. The highest BCUT2D eigenvalue weighted by molar-refractivity contribution is 7.11. The fourth-order valence-corrected chi connectivity index (χ4v) is 5.36. The van der Waals surface area contributed by atoms with Crippen LogP contribution in [0.2, 0.25) is 0 Å². The first-order chi connectivity index (χ1) is 13.1. The minimum atomic E-state index is 0. The van der Waals surface area contributed by atoms with Crippen LogP contribution in [0.25, 0.3) is 0 Å². The molecule has 2 aliphatic heterocycles. The van der Waals surface area contributed by atoms with Gasteiger partial charge in [0.15, 0.2) is 0 Å². The van der Waals surface area contributed by atoms with Gasteiger partial charge in [-0.25, -0.2) is 4.98 Å². The highest BCUT2D eigenvalue weighted by Crippen LogP contribution is 2.30. The summed E-state index contributed by atoms with van der Waals surface area (Å²) in [5.41, 5.74) is 4.19. The first-order valence-electron chi connectivity index (χ1n) is 10.4. The van der Waals surface area contributed by atoms with E-state index in [1.807, 2.05) is 11.3 Å². The molecule has 4 nitrogen and oxygen atoms in total. The molecule has 4 rings (SSSR count). The van der Waals surface area contributed by atoms with Crippen molar-refractivity contribution in [2.45, 2.75) is 58.8 Å². The first kappa shape index (κ1) is 21.7. The molecular formula is C22H33ClN4S. The number of benzene rings is 1. The number of hydrogen-bond donors (Lipinski definition) is 1. The Kier molecular flexibility index (Phi) is 7.51. The SMILES string of the molecule is CCc1ccc(C2CNCCN2Cc2nc3c(s2)CN(C(C)C)CC3)cc1.Cl. The number of thiazole rings is 1. The Bertz CT molecular complexity index is 758. The molecule has 0 amide bonds. The summed E-state index contributed by atoms with van der Waals surface area (Å²) in [6, 6.07) is 10.3. The molecule has 1 fully saturated rings. The van der Waals surface area contributed by atoms with Crippen molar-refractivity contribution >= 4 is 23.7 Å². The molecule has 0 saturated carbocycles. The number of aromatic nitrogens is 1. The normalized spacial score (nSPS) is 20.8. The molecule has 2 aliphatic rings. The Morgan fingerprint density at radius 1 is 1.21 bits per heavy atom. The Morgan fingerprint density at radius 3 is 2.71 bits per heavy atom. The van der Waals surface area contributed by atoms with Crippen molar-refractivity contribution in [3.05, 3.63) is 51.0 Å². The summed E-state index contributed by atoms with van der Waals surface area (Å²) in [5.74, 6) is 0. The lowest BCUT2D eigenvalue weighted by Crippen LogP contribution is -2.45. The van der Waals surface area contributed by atoms with E-state index in [9.17, 15) is 0 Å². The summed E-state index contributed by atoms with van der Waals surface area (Å²) in [5, 5.41) is 4.87. The lowest BCUT2D eigenvalue weighted by Gasteiger charge is -2.36. The van der Waals surface area contributed by atoms with Crippen LogP contribution in [-0.2, 0) is 25.9 Å². The molecule has 1 N–H and O–H groups in total. The van der Waals surface area contributed by atoms with Gasteiger partial charge in [-0.3, -0.25) is 9.80 Å². The van der Waals surface area contributed by atoms with Crippen molar-refractivity contribution in [1.82, 2.24) is 20.1 Å². The Morgan fingerprint density at radius 2 is 2.00 bits per heavy atom. The number of aryl methyl sites for hydroxylation is 1. The van der Waals surface area contributed by atoms with Gasteiger partial charge in [0.2, 0.25) is 0 Å². The third-order valence-electron chi connectivity index (χ3n) is 6.00. The molecule has 1 saturated heterocycles. The average Bonchev–Trinajstić information content (AvgIpc) is 3.10. The molecule has 3 heterocycles. The number of rotatable bonds is 5. The monoisotopic (exact) mass is 420 g/mol. The molecule has 0 radical (unpaired) electrons. The van der Waals surface area contributed by atoms with Gasteiger partial charge in [-0.05, 0) is 31.4 Å². The van der Waals surface area contributed by atoms with Crippen molar-refractivity contribution in [1.29, 1.82) is 0 Å². The number of nitrogens with one attached hydrogen (secondary N) is 1. The maximum atomic E-state index is 5.02. The molecule has 1 aromatic carbocycles. The lowest BCUT2D eigenvalue weighted by molar-refractivity contribution is 0.153. The average molecular weight is 421 g/mol. The van der Waals surface area contributed by atoms with E-state index in [1.165, 1.54) is 26.7 Å². The van der Waals surface area contributed by atoms with Crippen LogP contribution in [0.3, 0.4) is 0 Å². The van der Waals surface area contributed by atoms with E-state index in [2.05, 4.69) is 60.2 Å². The summed E-state index contributed by atoms with van der Waals surface area (Å²) < 4.78 is 0. The van der Waals surface area contributed by atoms with Crippen LogP contribution in [-0.4, -0.2) is 47.0 Å². The van der Waals surface area contributed by atoms with E-state index >= 15 is 0 Å². The van der Waals surface area contributed by atoms with Crippen molar-refractivity contribution < 1.29 is 0 Å². The van der Waals surface area contributed by atoms with Crippen LogP contribution in [0.4, 0.5) is 0 Å². The van der Waals surface area contributed by atoms with Gasteiger partial charge in [-0.15, -0.1) is 23.7 Å². The predicted octanol–water partition coefficient (Wildman–Crippen LogP) is 4.04. The molecule has 154 valence electrons. The topological polar surface area (TPSA) is 31.4 Å². The Balaban J connectivity index is 0.00000225. The number of hydrogen-bond acceptors (Lipinski definition) is 5.